The van der Waals surface area contributed by atoms with Gasteiger partial charge in [-0.15, -0.1) is 0 Å². The maximum atomic E-state index is 12.8. The van der Waals surface area contributed by atoms with Crippen LogP contribution in [0.4, 0.5) is 5.69 Å². The molecule has 1 heterocycles. The van der Waals surface area contributed by atoms with Crippen molar-refractivity contribution in [1.82, 2.24) is 0 Å². The van der Waals surface area contributed by atoms with Gasteiger partial charge in [0.2, 0.25) is 0 Å². The number of hydrogen-bond donors (Lipinski definition) is 0. The molecular formula is C21H20BrNO2. The van der Waals surface area contributed by atoms with Crippen molar-refractivity contribution in [3.05, 3.63) is 69.2 Å². The van der Waals surface area contributed by atoms with Gasteiger partial charge in [0.15, 0.2) is 5.78 Å². The number of fused-ring (bicyclic) bond motifs is 1. The molecule has 0 amide bonds. The summed E-state index contributed by atoms with van der Waals surface area (Å²) in [6.07, 6.45) is 3.76. The molecule has 0 unspecified atom stereocenters. The van der Waals surface area contributed by atoms with E-state index >= 15 is 0 Å². The Balaban J connectivity index is 1.55. The van der Waals surface area contributed by atoms with Crippen molar-refractivity contribution < 1.29 is 9.53 Å². The average molecular weight is 398 g/mol. The molecule has 0 N–H and O–H groups in total. The number of aryl methyl sites for hydroxylation is 1. The number of Topliss-reactive ketones (excluding diaryl/α,β-unsaturated/α-hetero) is 1. The Hall–Kier alpha value is -1.91. The van der Waals surface area contributed by atoms with E-state index in [1.54, 1.807) is 0 Å². The van der Waals surface area contributed by atoms with Gasteiger partial charge in [-0.05, 0) is 54.3 Å². The van der Waals surface area contributed by atoms with Gasteiger partial charge in [0.05, 0.1) is 13.2 Å². The lowest BCUT2D eigenvalue weighted by Gasteiger charge is -2.28. The highest BCUT2D eigenvalue weighted by atomic mass is 79.9. The fraction of sp³-hybridized carbons (Fsp3) is 0.286. The van der Waals surface area contributed by atoms with Crippen LogP contribution in [0.5, 0.6) is 0 Å². The SMILES string of the molecule is O=C1/C(=C/c2ccc(N3CCOCC3)cc2)CCc2ccc(Br)cc21. The van der Waals surface area contributed by atoms with Crippen LogP contribution in [-0.4, -0.2) is 32.1 Å². The number of carbonyl (C=O) groups excluding carboxylic acids is 1. The molecule has 4 heteroatoms. The first-order valence-corrected chi connectivity index (χ1v) is 9.46. The van der Waals surface area contributed by atoms with Gasteiger partial charge in [-0.25, -0.2) is 0 Å². The van der Waals surface area contributed by atoms with Gasteiger partial charge in [-0.2, -0.15) is 0 Å². The van der Waals surface area contributed by atoms with Crippen LogP contribution in [0.15, 0.2) is 52.5 Å². The third-order valence-electron chi connectivity index (χ3n) is 4.88. The third kappa shape index (κ3) is 3.55. The first-order valence-electron chi connectivity index (χ1n) is 8.67. The molecule has 0 spiro atoms. The summed E-state index contributed by atoms with van der Waals surface area (Å²) in [6, 6.07) is 14.5. The number of halogens is 1. The minimum Gasteiger partial charge on any atom is -0.378 e. The minimum absolute atomic E-state index is 0.153. The van der Waals surface area contributed by atoms with E-state index in [1.807, 2.05) is 24.3 Å². The molecule has 128 valence electrons. The van der Waals surface area contributed by atoms with Crippen molar-refractivity contribution in [2.24, 2.45) is 0 Å². The molecule has 3 nitrogen and oxygen atoms in total. The van der Waals surface area contributed by atoms with Gasteiger partial charge in [0.25, 0.3) is 0 Å². The number of benzene rings is 2. The van der Waals surface area contributed by atoms with Crippen LogP contribution in [0.1, 0.15) is 27.9 Å². The van der Waals surface area contributed by atoms with E-state index in [4.69, 9.17) is 4.74 Å². The lowest BCUT2D eigenvalue weighted by Crippen LogP contribution is -2.36. The fourth-order valence-corrected chi connectivity index (χ4v) is 3.84. The zero-order chi connectivity index (χ0) is 17.2. The summed E-state index contributed by atoms with van der Waals surface area (Å²) in [5, 5.41) is 0. The van der Waals surface area contributed by atoms with E-state index in [9.17, 15) is 4.79 Å². The van der Waals surface area contributed by atoms with Crippen LogP contribution < -0.4 is 4.90 Å². The number of nitrogens with zero attached hydrogens (tertiary/aromatic N) is 1. The molecule has 2 aromatic carbocycles. The summed E-state index contributed by atoms with van der Waals surface area (Å²) >= 11 is 3.47. The van der Waals surface area contributed by atoms with Gasteiger partial charge in [-0.3, -0.25) is 4.79 Å². The Labute approximate surface area is 156 Å². The number of allylic oxidation sites excluding steroid dienone is 1. The van der Waals surface area contributed by atoms with E-state index in [1.165, 1.54) is 5.69 Å². The Morgan fingerprint density at radius 1 is 1.00 bits per heavy atom. The summed E-state index contributed by atoms with van der Waals surface area (Å²) in [5.74, 6) is 0.153. The van der Waals surface area contributed by atoms with Crippen LogP contribution in [0.2, 0.25) is 0 Å². The molecule has 25 heavy (non-hydrogen) atoms. The van der Waals surface area contributed by atoms with Crippen molar-refractivity contribution >= 4 is 33.5 Å². The van der Waals surface area contributed by atoms with Crippen molar-refractivity contribution in [3.63, 3.8) is 0 Å². The normalized spacial score (nSPS) is 19.2. The van der Waals surface area contributed by atoms with Crippen LogP contribution in [0.25, 0.3) is 6.08 Å². The van der Waals surface area contributed by atoms with Crippen LogP contribution in [-0.2, 0) is 11.2 Å². The van der Waals surface area contributed by atoms with Crippen molar-refractivity contribution in [2.45, 2.75) is 12.8 Å². The molecule has 4 rings (SSSR count). The monoisotopic (exact) mass is 397 g/mol. The first-order chi connectivity index (χ1) is 12.2. The highest BCUT2D eigenvalue weighted by molar-refractivity contribution is 9.10. The maximum Gasteiger partial charge on any atom is 0.189 e. The van der Waals surface area contributed by atoms with Crippen molar-refractivity contribution in [2.75, 3.05) is 31.2 Å². The van der Waals surface area contributed by atoms with E-state index in [0.29, 0.717) is 0 Å². The molecule has 0 atom stereocenters. The molecule has 2 aliphatic rings. The molecule has 0 radical (unpaired) electrons. The summed E-state index contributed by atoms with van der Waals surface area (Å²) < 4.78 is 6.36. The second-order valence-electron chi connectivity index (χ2n) is 6.49. The van der Waals surface area contributed by atoms with Crippen LogP contribution in [0.3, 0.4) is 0 Å². The Morgan fingerprint density at radius 3 is 2.52 bits per heavy atom. The second kappa shape index (κ2) is 7.14. The second-order valence-corrected chi connectivity index (χ2v) is 7.41. The molecule has 0 bridgehead atoms. The summed E-state index contributed by atoms with van der Waals surface area (Å²) in [5.41, 5.74) is 5.17. The first kappa shape index (κ1) is 16.6. The number of morpholine rings is 1. The Bertz CT molecular complexity index is 820. The lowest BCUT2D eigenvalue weighted by atomic mass is 9.86. The quantitative estimate of drug-likeness (QED) is 0.698. The van der Waals surface area contributed by atoms with Gasteiger partial charge in [0, 0.05) is 34.4 Å². The standard InChI is InChI=1S/C21H20BrNO2/c22-18-6-5-16-3-4-17(21(24)20(16)14-18)13-15-1-7-19(8-2-15)23-9-11-25-12-10-23/h1-2,5-8,13-14H,3-4,9-12H2/b17-13+. The molecule has 1 fully saturated rings. The topological polar surface area (TPSA) is 29.5 Å². The predicted molar refractivity (Wildman–Crippen MR) is 104 cm³/mol. The lowest BCUT2D eigenvalue weighted by molar-refractivity contribution is 0.102. The molecule has 1 aliphatic carbocycles. The molecule has 2 aromatic rings. The van der Waals surface area contributed by atoms with E-state index in [-0.39, 0.29) is 5.78 Å². The summed E-state index contributed by atoms with van der Waals surface area (Å²) in [6.45, 7) is 3.44. The number of hydrogen-bond acceptors (Lipinski definition) is 3. The summed E-state index contributed by atoms with van der Waals surface area (Å²) in [4.78, 5) is 15.1. The fourth-order valence-electron chi connectivity index (χ4n) is 3.48. The smallest absolute Gasteiger partial charge is 0.189 e. The maximum absolute atomic E-state index is 12.8. The van der Waals surface area contributed by atoms with Crippen molar-refractivity contribution in [3.8, 4) is 0 Å². The number of carbonyl (C=O) groups is 1. The largest absolute Gasteiger partial charge is 0.378 e. The third-order valence-corrected chi connectivity index (χ3v) is 5.38. The number of ether oxygens (including phenoxy) is 1. The van der Waals surface area contributed by atoms with Crippen LogP contribution in [0, 0.1) is 0 Å². The van der Waals surface area contributed by atoms with Crippen molar-refractivity contribution in [1.29, 1.82) is 0 Å². The van der Waals surface area contributed by atoms with Crippen LogP contribution >= 0.6 is 15.9 Å². The number of rotatable bonds is 2. The minimum atomic E-state index is 0.153. The highest BCUT2D eigenvalue weighted by Crippen LogP contribution is 2.29. The van der Waals surface area contributed by atoms with Gasteiger partial charge >= 0.3 is 0 Å². The van der Waals surface area contributed by atoms with E-state index in [0.717, 1.165) is 65.9 Å². The average Bonchev–Trinajstić information content (AvgIpc) is 2.66. The Morgan fingerprint density at radius 2 is 1.76 bits per heavy atom. The number of ketones is 1. The molecule has 0 aromatic heterocycles. The summed E-state index contributed by atoms with van der Waals surface area (Å²) in [7, 11) is 0. The molecule has 1 aliphatic heterocycles. The van der Waals surface area contributed by atoms with E-state index < -0.39 is 0 Å². The van der Waals surface area contributed by atoms with Gasteiger partial charge in [0.1, 0.15) is 0 Å². The van der Waals surface area contributed by atoms with E-state index in [2.05, 4.69) is 45.1 Å². The zero-order valence-electron chi connectivity index (χ0n) is 14.0. The highest BCUT2D eigenvalue weighted by Gasteiger charge is 2.22. The predicted octanol–water partition coefficient (Wildman–Crippen LogP) is 4.50. The van der Waals surface area contributed by atoms with Gasteiger partial charge in [-0.1, -0.05) is 34.1 Å². The molecular weight excluding hydrogens is 378 g/mol. The van der Waals surface area contributed by atoms with Gasteiger partial charge < -0.3 is 9.64 Å². The Kier molecular flexibility index (Phi) is 4.73. The zero-order valence-corrected chi connectivity index (χ0v) is 15.6. The molecule has 0 saturated carbocycles. The number of anilines is 1. The molecule has 1 saturated heterocycles.